The number of quaternary nitrogens is 1. The van der Waals surface area contributed by atoms with Crippen LogP contribution in [0.5, 0.6) is 0 Å². The highest BCUT2D eigenvalue weighted by molar-refractivity contribution is 7.47. The second-order valence-electron chi connectivity index (χ2n) is 26.1. The molecule has 0 aromatic carbocycles. The average molecular weight is 1190 g/mol. The first-order chi connectivity index (χ1) is 40.4. The van der Waals surface area contributed by atoms with Crippen molar-refractivity contribution < 1.29 is 37.3 Å². The number of rotatable bonds is 67. The third-order valence-corrected chi connectivity index (χ3v) is 17.5. The van der Waals surface area contributed by atoms with Gasteiger partial charge in [0.25, 0.3) is 0 Å². The summed E-state index contributed by atoms with van der Waals surface area (Å²) >= 11 is 0. The van der Waals surface area contributed by atoms with Crippen LogP contribution in [-0.2, 0) is 27.9 Å². The highest BCUT2D eigenvalue weighted by atomic mass is 31.2. The minimum absolute atomic E-state index is 0.0427. The first kappa shape index (κ1) is 81.2. The van der Waals surface area contributed by atoms with Gasteiger partial charge in [-0.15, -0.1) is 0 Å². The molecule has 0 saturated heterocycles. The number of hydrogen-bond acceptors (Lipinski definition) is 6. The largest absolute Gasteiger partial charge is 0.472 e. The minimum atomic E-state index is -4.45. The van der Waals surface area contributed by atoms with Crippen molar-refractivity contribution in [1.29, 1.82) is 0 Å². The fourth-order valence-electron chi connectivity index (χ4n) is 10.9. The van der Waals surface area contributed by atoms with E-state index in [0.717, 1.165) is 57.8 Å². The van der Waals surface area contributed by atoms with E-state index >= 15 is 0 Å². The Balaban J connectivity index is 5.07. The van der Waals surface area contributed by atoms with Gasteiger partial charge in [0.15, 0.2) is 0 Å². The number of phosphoric ester groups is 1. The van der Waals surface area contributed by atoms with E-state index in [9.17, 15) is 19.0 Å². The molecule has 0 aliphatic heterocycles. The number of allylic oxidation sites excluding steroid dienone is 5. The Kier molecular flexibility index (Phi) is 61.9. The zero-order valence-electron chi connectivity index (χ0n) is 56.2. The van der Waals surface area contributed by atoms with E-state index in [0.29, 0.717) is 23.9 Å². The van der Waals surface area contributed by atoms with Crippen LogP contribution in [0.2, 0.25) is 0 Å². The van der Waals surface area contributed by atoms with Gasteiger partial charge in [-0.1, -0.05) is 308 Å². The molecule has 0 aromatic rings. The van der Waals surface area contributed by atoms with Crippen LogP contribution >= 0.6 is 7.82 Å². The molecule has 0 bridgehead atoms. The summed E-state index contributed by atoms with van der Waals surface area (Å²) in [6.07, 6.45) is 78.7. The summed E-state index contributed by atoms with van der Waals surface area (Å²) in [5.41, 5.74) is 0. The van der Waals surface area contributed by atoms with Gasteiger partial charge in [-0.05, 0) is 83.1 Å². The second-order valence-corrected chi connectivity index (χ2v) is 27.6. The number of hydrogen-bond donors (Lipinski definition) is 2. The molecule has 0 fully saturated rings. The lowest BCUT2D eigenvalue weighted by molar-refractivity contribution is -0.870. The van der Waals surface area contributed by atoms with E-state index in [1.54, 1.807) is 0 Å². The Morgan fingerprint density at radius 3 is 1.02 bits per heavy atom. The third kappa shape index (κ3) is 64.5. The molecular formula is C73H142N2O7P+. The van der Waals surface area contributed by atoms with Crippen LogP contribution in [0, 0.1) is 0 Å². The van der Waals surface area contributed by atoms with E-state index < -0.39 is 20.0 Å². The van der Waals surface area contributed by atoms with Crippen molar-refractivity contribution in [3.63, 3.8) is 0 Å². The first-order valence-electron chi connectivity index (χ1n) is 36.3. The zero-order valence-corrected chi connectivity index (χ0v) is 57.1. The van der Waals surface area contributed by atoms with Crippen molar-refractivity contribution in [2.45, 2.75) is 380 Å². The molecule has 9 nitrogen and oxygen atoms in total. The molecule has 3 unspecified atom stereocenters. The lowest BCUT2D eigenvalue weighted by Crippen LogP contribution is -2.47. The molecule has 10 heteroatoms. The predicted molar refractivity (Wildman–Crippen MR) is 360 cm³/mol. The predicted octanol–water partition coefficient (Wildman–Crippen LogP) is 23.0. The summed E-state index contributed by atoms with van der Waals surface area (Å²) in [6.45, 7) is 7.07. The summed E-state index contributed by atoms with van der Waals surface area (Å²) in [5.74, 6) is -0.486. The van der Waals surface area contributed by atoms with Gasteiger partial charge in [0.05, 0.1) is 33.8 Å². The summed E-state index contributed by atoms with van der Waals surface area (Å²) in [4.78, 5) is 37.9. The summed E-state index contributed by atoms with van der Waals surface area (Å²) < 4.78 is 30.9. The van der Waals surface area contributed by atoms with E-state index in [1.165, 1.54) is 276 Å². The third-order valence-electron chi connectivity index (χ3n) is 16.6. The summed E-state index contributed by atoms with van der Waals surface area (Å²) in [7, 11) is 1.51. The summed E-state index contributed by atoms with van der Waals surface area (Å²) in [6, 6.07) is -0.847. The number of nitrogens with zero attached hydrogens (tertiary/aromatic N) is 1. The van der Waals surface area contributed by atoms with Crippen molar-refractivity contribution in [1.82, 2.24) is 5.32 Å². The van der Waals surface area contributed by atoms with Gasteiger partial charge in [-0.3, -0.25) is 18.6 Å². The van der Waals surface area contributed by atoms with Crippen LogP contribution in [0.4, 0.5) is 0 Å². The van der Waals surface area contributed by atoms with Gasteiger partial charge < -0.3 is 19.4 Å². The number of amides is 1. The van der Waals surface area contributed by atoms with Crippen LogP contribution < -0.4 is 5.32 Å². The van der Waals surface area contributed by atoms with Gasteiger partial charge in [0.2, 0.25) is 5.91 Å². The normalized spacial score (nSPS) is 13.7. The average Bonchev–Trinajstić information content (AvgIpc) is 3.47. The van der Waals surface area contributed by atoms with Gasteiger partial charge in [0, 0.05) is 12.8 Å². The molecular weight excluding hydrogens is 1050 g/mol. The van der Waals surface area contributed by atoms with Crippen molar-refractivity contribution in [2.24, 2.45) is 0 Å². The number of ether oxygens (including phenoxy) is 1. The maximum absolute atomic E-state index is 13.6. The minimum Gasteiger partial charge on any atom is -0.456 e. The fraction of sp³-hybridized carbons (Fsp3) is 0.890. The van der Waals surface area contributed by atoms with Crippen molar-refractivity contribution in [2.75, 3.05) is 40.9 Å². The van der Waals surface area contributed by atoms with Gasteiger partial charge >= 0.3 is 13.8 Å². The van der Waals surface area contributed by atoms with Crippen LogP contribution in [0.1, 0.15) is 367 Å². The number of esters is 1. The van der Waals surface area contributed by atoms with Crippen molar-refractivity contribution in [3.05, 3.63) is 36.5 Å². The van der Waals surface area contributed by atoms with E-state index in [1.807, 2.05) is 27.2 Å². The topological polar surface area (TPSA) is 111 Å². The number of nitrogens with one attached hydrogen (secondary N) is 1. The number of carbonyl (C=O) groups is 2. The Hall–Kier alpha value is -1.77. The zero-order chi connectivity index (χ0) is 60.7. The molecule has 0 spiro atoms. The van der Waals surface area contributed by atoms with Crippen LogP contribution in [0.15, 0.2) is 36.5 Å². The van der Waals surface area contributed by atoms with Crippen LogP contribution in [-0.4, -0.2) is 74.3 Å². The van der Waals surface area contributed by atoms with Crippen molar-refractivity contribution >= 4 is 19.7 Å². The lowest BCUT2D eigenvalue weighted by Gasteiger charge is -2.27. The highest BCUT2D eigenvalue weighted by Gasteiger charge is 2.30. The molecule has 2 N–H and O–H groups in total. The van der Waals surface area contributed by atoms with E-state index in [4.69, 9.17) is 13.8 Å². The summed E-state index contributed by atoms with van der Waals surface area (Å²) in [5, 5.41) is 3.08. The Bertz CT molecular complexity index is 1510. The molecule has 0 aliphatic carbocycles. The quantitative estimate of drug-likeness (QED) is 0.0205. The second kappa shape index (κ2) is 63.3. The molecule has 0 radical (unpaired) electrons. The number of unbranched alkanes of at least 4 members (excludes halogenated alkanes) is 47. The maximum atomic E-state index is 13.6. The molecule has 0 heterocycles. The molecule has 0 aliphatic rings. The Morgan fingerprint density at radius 1 is 0.410 bits per heavy atom. The molecule has 0 aromatic heterocycles. The number of carbonyl (C=O) groups excluding carboxylic acids is 2. The monoisotopic (exact) mass is 1190 g/mol. The Labute approximate surface area is 516 Å². The van der Waals surface area contributed by atoms with E-state index in [-0.39, 0.29) is 25.1 Å². The SMILES string of the molecule is CCCCCCCC/C=C/CCCCCCCCCCCCCCCC(=O)OC(/C=C/CCCCCCCCCCCCC)C(COP(=O)(O)OCC[N+](C)(C)C)NC(=O)CCCCCCCCCCCCC/C=C/CCCCCCCC. The van der Waals surface area contributed by atoms with Gasteiger partial charge in [-0.2, -0.15) is 0 Å². The highest BCUT2D eigenvalue weighted by Crippen LogP contribution is 2.43. The molecule has 490 valence electrons. The fourth-order valence-corrected chi connectivity index (χ4v) is 11.7. The van der Waals surface area contributed by atoms with E-state index in [2.05, 4.69) is 56.5 Å². The number of likely N-dealkylation sites (N-methyl/N-ethyl adjacent to an activating group) is 1. The molecule has 0 rings (SSSR count). The lowest BCUT2D eigenvalue weighted by atomic mass is 10.0. The van der Waals surface area contributed by atoms with Gasteiger partial charge in [0.1, 0.15) is 19.3 Å². The smallest absolute Gasteiger partial charge is 0.456 e. The molecule has 83 heavy (non-hydrogen) atoms. The van der Waals surface area contributed by atoms with Gasteiger partial charge in [-0.25, -0.2) is 4.57 Å². The first-order valence-corrected chi connectivity index (χ1v) is 37.8. The van der Waals surface area contributed by atoms with Crippen LogP contribution in [0.3, 0.4) is 0 Å². The standard InChI is InChI=1S/C73H141N2O7P/c1-7-10-13-16-19-22-25-28-30-32-34-36-37-39-41-43-45-48-51-54-57-60-63-66-73(77)82-71(64-61-58-55-52-49-46-27-24-21-18-15-12-9-3)70(69-81-83(78,79)80-68-67-75(4,5)6)74-72(76)65-62-59-56-53-50-47-44-42-40-38-35-33-31-29-26-23-20-17-14-11-8-2/h28-31,61,64,70-71H,7-27,32-60,62-63,65-69H2,1-6H3,(H-,74,76,78,79)/p+1/b30-28+,31-29+,64-61+. The molecule has 3 atom stereocenters. The molecule has 1 amide bonds. The van der Waals surface area contributed by atoms with Crippen LogP contribution in [0.25, 0.3) is 0 Å². The maximum Gasteiger partial charge on any atom is 0.472 e. The van der Waals surface area contributed by atoms with Crippen molar-refractivity contribution in [3.8, 4) is 0 Å². The molecule has 0 saturated carbocycles. The number of phosphoric acid groups is 1. The Morgan fingerprint density at radius 2 is 0.699 bits per heavy atom.